The lowest BCUT2D eigenvalue weighted by Gasteiger charge is -2.33. The molecule has 0 bridgehead atoms. The summed E-state index contributed by atoms with van der Waals surface area (Å²) in [5.74, 6) is 0.0471. The Kier molecular flexibility index (Phi) is 2.06. The van der Waals surface area contributed by atoms with Gasteiger partial charge in [0.2, 0.25) is 0 Å². The van der Waals surface area contributed by atoms with Crippen LogP contribution < -0.4 is 0 Å². The summed E-state index contributed by atoms with van der Waals surface area (Å²) in [6, 6.07) is 5.77. The molecule has 2 aliphatic rings. The minimum atomic E-state index is -0.493. The Balaban J connectivity index is 2.08. The normalized spacial score (nSPS) is 32.2. The Bertz CT molecular complexity index is 441. The van der Waals surface area contributed by atoms with E-state index in [-0.39, 0.29) is 11.9 Å². The van der Waals surface area contributed by atoms with Crippen molar-refractivity contribution in [2.45, 2.75) is 24.9 Å². The van der Waals surface area contributed by atoms with E-state index in [0.29, 0.717) is 6.42 Å². The van der Waals surface area contributed by atoms with Crippen LogP contribution in [0.25, 0.3) is 0 Å². The molecule has 1 aliphatic heterocycles. The molecule has 0 radical (unpaired) electrons. The van der Waals surface area contributed by atoms with E-state index in [1.165, 1.54) is 0 Å². The number of pyridine rings is 1. The molecule has 1 aromatic heterocycles. The number of hydrogen-bond donors (Lipinski definition) is 0. The van der Waals surface area contributed by atoms with E-state index in [2.05, 4.69) is 17.1 Å². The minimum Gasteiger partial charge on any atom is -0.452 e. The van der Waals surface area contributed by atoms with Gasteiger partial charge >= 0.3 is 5.97 Å². The van der Waals surface area contributed by atoms with Gasteiger partial charge in [-0.05, 0) is 25.0 Å². The topological polar surface area (TPSA) is 39.2 Å². The molecule has 0 N–H and O–H groups in total. The lowest BCUT2D eigenvalue weighted by Crippen LogP contribution is -2.34. The molecule has 16 heavy (non-hydrogen) atoms. The number of fused-ring (bicyclic) bond motifs is 1. The fourth-order valence-electron chi connectivity index (χ4n) is 2.67. The van der Waals surface area contributed by atoms with Crippen LogP contribution in [0.15, 0.2) is 36.5 Å². The van der Waals surface area contributed by atoms with Crippen molar-refractivity contribution >= 4 is 5.97 Å². The molecular weight excluding hydrogens is 202 g/mol. The second-order valence-corrected chi connectivity index (χ2v) is 4.36. The predicted octanol–water partition coefficient (Wildman–Crippen LogP) is 2.19. The number of nitrogens with zero attached hydrogens (tertiary/aromatic N) is 1. The highest BCUT2D eigenvalue weighted by atomic mass is 16.6. The Morgan fingerprint density at radius 1 is 1.44 bits per heavy atom. The molecule has 2 atom stereocenters. The van der Waals surface area contributed by atoms with Crippen molar-refractivity contribution in [1.82, 2.24) is 4.98 Å². The van der Waals surface area contributed by atoms with Crippen LogP contribution in [-0.4, -0.2) is 11.0 Å². The second kappa shape index (κ2) is 3.44. The summed E-state index contributed by atoms with van der Waals surface area (Å²) in [6.45, 7) is 0. The monoisotopic (exact) mass is 215 g/mol. The number of allylic oxidation sites excluding steroid dienone is 1. The molecule has 0 amide bonds. The van der Waals surface area contributed by atoms with Crippen molar-refractivity contribution in [2.24, 2.45) is 5.92 Å². The van der Waals surface area contributed by atoms with Crippen LogP contribution in [0.4, 0.5) is 0 Å². The van der Waals surface area contributed by atoms with E-state index in [9.17, 15) is 4.79 Å². The summed E-state index contributed by atoms with van der Waals surface area (Å²) in [7, 11) is 0. The maximum Gasteiger partial charge on any atom is 0.307 e. The van der Waals surface area contributed by atoms with Crippen LogP contribution in [-0.2, 0) is 15.1 Å². The highest BCUT2D eigenvalue weighted by molar-refractivity contribution is 5.74. The smallest absolute Gasteiger partial charge is 0.307 e. The zero-order valence-corrected chi connectivity index (χ0v) is 8.93. The van der Waals surface area contributed by atoms with Crippen LogP contribution in [0, 0.1) is 5.92 Å². The van der Waals surface area contributed by atoms with Crippen LogP contribution in [0.1, 0.15) is 25.0 Å². The Morgan fingerprint density at radius 2 is 2.38 bits per heavy atom. The van der Waals surface area contributed by atoms with E-state index in [1.54, 1.807) is 6.20 Å². The summed E-state index contributed by atoms with van der Waals surface area (Å²) >= 11 is 0. The molecule has 3 heteroatoms. The first kappa shape index (κ1) is 9.58. The standard InChI is InChI=1S/C13H13NO2/c15-12-9-10-5-1-3-7-13(10,16-12)11-6-2-4-8-14-11/h1-2,4-6,8,10H,3,7,9H2/t10-,13+/m1/s1. The largest absolute Gasteiger partial charge is 0.452 e. The van der Waals surface area contributed by atoms with Crippen LogP contribution in [0.5, 0.6) is 0 Å². The van der Waals surface area contributed by atoms with Crippen molar-refractivity contribution in [3.8, 4) is 0 Å². The third kappa shape index (κ3) is 1.28. The highest BCUT2D eigenvalue weighted by Crippen LogP contribution is 2.47. The van der Waals surface area contributed by atoms with E-state index in [0.717, 1.165) is 18.5 Å². The molecule has 1 aromatic rings. The van der Waals surface area contributed by atoms with Gasteiger partial charge in [-0.25, -0.2) is 0 Å². The number of hydrogen-bond acceptors (Lipinski definition) is 3. The van der Waals surface area contributed by atoms with E-state index in [1.807, 2.05) is 18.2 Å². The molecule has 82 valence electrons. The van der Waals surface area contributed by atoms with Gasteiger partial charge in [0.15, 0.2) is 5.60 Å². The third-order valence-corrected chi connectivity index (χ3v) is 3.43. The number of esters is 1. The van der Waals surface area contributed by atoms with E-state index < -0.39 is 5.60 Å². The predicted molar refractivity (Wildman–Crippen MR) is 58.5 cm³/mol. The average Bonchev–Trinajstić information content (AvgIpc) is 2.67. The zero-order chi connectivity index (χ0) is 11.0. The summed E-state index contributed by atoms with van der Waals surface area (Å²) < 4.78 is 5.59. The SMILES string of the molecule is O=C1C[C@H]2C=CCC[C@]2(c2ccccn2)O1. The van der Waals surface area contributed by atoms with Gasteiger partial charge < -0.3 is 4.74 Å². The first-order chi connectivity index (χ1) is 7.81. The number of aromatic nitrogens is 1. The third-order valence-electron chi connectivity index (χ3n) is 3.43. The van der Waals surface area contributed by atoms with Crippen LogP contribution >= 0.6 is 0 Å². The maximum absolute atomic E-state index is 11.5. The summed E-state index contributed by atoms with van der Waals surface area (Å²) in [5.41, 5.74) is 0.391. The molecule has 0 unspecified atom stereocenters. The molecule has 1 fully saturated rings. The van der Waals surface area contributed by atoms with Crippen molar-refractivity contribution in [3.05, 3.63) is 42.2 Å². The number of rotatable bonds is 1. The lowest BCUT2D eigenvalue weighted by atomic mass is 9.77. The van der Waals surface area contributed by atoms with Crippen molar-refractivity contribution in [1.29, 1.82) is 0 Å². The van der Waals surface area contributed by atoms with E-state index in [4.69, 9.17) is 4.74 Å². The Labute approximate surface area is 94.1 Å². The fourth-order valence-corrected chi connectivity index (χ4v) is 2.67. The molecule has 0 spiro atoms. The molecule has 0 saturated carbocycles. The Hall–Kier alpha value is -1.64. The van der Waals surface area contributed by atoms with Gasteiger partial charge in [-0.3, -0.25) is 9.78 Å². The number of carbonyl (C=O) groups excluding carboxylic acids is 1. The molecule has 3 nitrogen and oxygen atoms in total. The minimum absolute atomic E-state index is 0.109. The number of carbonyl (C=O) groups is 1. The first-order valence-electron chi connectivity index (χ1n) is 5.61. The molecule has 3 rings (SSSR count). The summed E-state index contributed by atoms with van der Waals surface area (Å²) in [5, 5.41) is 0. The van der Waals surface area contributed by atoms with Crippen molar-refractivity contribution in [2.75, 3.05) is 0 Å². The molecular formula is C13H13NO2. The first-order valence-corrected chi connectivity index (χ1v) is 5.61. The molecule has 0 aromatic carbocycles. The quantitative estimate of drug-likeness (QED) is 0.532. The molecule has 1 saturated heterocycles. The van der Waals surface area contributed by atoms with Crippen molar-refractivity contribution in [3.63, 3.8) is 0 Å². The van der Waals surface area contributed by atoms with Gasteiger partial charge in [0.25, 0.3) is 0 Å². The van der Waals surface area contributed by atoms with Gasteiger partial charge in [0, 0.05) is 12.1 Å². The van der Waals surface area contributed by atoms with Gasteiger partial charge in [0.1, 0.15) is 0 Å². The van der Waals surface area contributed by atoms with Crippen LogP contribution in [0.2, 0.25) is 0 Å². The van der Waals surface area contributed by atoms with Gasteiger partial charge in [-0.2, -0.15) is 0 Å². The highest BCUT2D eigenvalue weighted by Gasteiger charge is 2.50. The summed E-state index contributed by atoms with van der Waals surface area (Å²) in [4.78, 5) is 15.9. The van der Waals surface area contributed by atoms with Gasteiger partial charge in [-0.1, -0.05) is 18.2 Å². The zero-order valence-electron chi connectivity index (χ0n) is 8.93. The lowest BCUT2D eigenvalue weighted by molar-refractivity contribution is -0.151. The maximum atomic E-state index is 11.5. The van der Waals surface area contributed by atoms with Crippen molar-refractivity contribution < 1.29 is 9.53 Å². The van der Waals surface area contributed by atoms with Gasteiger partial charge in [0.05, 0.1) is 12.1 Å². The van der Waals surface area contributed by atoms with Crippen LogP contribution in [0.3, 0.4) is 0 Å². The second-order valence-electron chi connectivity index (χ2n) is 4.36. The van der Waals surface area contributed by atoms with Gasteiger partial charge in [-0.15, -0.1) is 0 Å². The molecule has 2 heterocycles. The van der Waals surface area contributed by atoms with E-state index >= 15 is 0 Å². The average molecular weight is 215 g/mol. The summed E-state index contributed by atoms with van der Waals surface area (Å²) in [6.07, 6.45) is 8.26. The number of ether oxygens (including phenoxy) is 1. The fraction of sp³-hybridized carbons (Fsp3) is 0.385. The Morgan fingerprint density at radius 3 is 3.19 bits per heavy atom. The molecule has 1 aliphatic carbocycles.